The lowest BCUT2D eigenvalue weighted by molar-refractivity contribution is -0.140. The van der Waals surface area contributed by atoms with Crippen LogP contribution < -0.4 is 26.2 Å². The number of hydrogen-bond acceptors (Lipinski definition) is 7. The van der Waals surface area contributed by atoms with Crippen LogP contribution in [0.25, 0.3) is 10.1 Å². The number of halogens is 5. The van der Waals surface area contributed by atoms with Crippen molar-refractivity contribution >= 4 is 48.0 Å². The molecule has 0 atom stereocenters. The molecule has 0 spiro atoms. The molecule has 1 aromatic heterocycles. The summed E-state index contributed by atoms with van der Waals surface area (Å²) >= 11 is 7.69. The van der Waals surface area contributed by atoms with E-state index >= 15 is 0 Å². The first kappa shape index (κ1) is 25.9. The van der Waals surface area contributed by atoms with Gasteiger partial charge in [-0.05, 0) is 41.5 Å². The first-order valence-corrected chi connectivity index (χ1v) is 13.4. The number of thiophene rings is 1. The molecule has 0 unspecified atom stereocenters. The zero-order valence-electron chi connectivity index (χ0n) is 18.6. The maximum atomic E-state index is 14.0. The van der Waals surface area contributed by atoms with Gasteiger partial charge in [-0.2, -0.15) is 24.2 Å². The van der Waals surface area contributed by atoms with Gasteiger partial charge in [0, 0.05) is 10.1 Å². The Balaban J connectivity index is 1.64. The summed E-state index contributed by atoms with van der Waals surface area (Å²) in [5.41, 5.74) is 10.0. The maximum Gasteiger partial charge on any atom is 0.419 e. The van der Waals surface area contributed by atoms with Crippen molar-refractivity contribution in [3.05, 3.63) is 94.3 Å². The standard InChI is InChI=1S/C23H18ClF4N5O2S2/c24-20-16-6-1-2-7-19(16)36-22(20)33(12-13-8-9-18(25)17(10-13)23(26,27)28)37(34,35)15-5-3-4-14(11-15)21-29-31-32-30-21/h1-11,21,29-32H,12H2. The summed E-state index contributed by atoms with van der Waals surface area (Å²) in [4.78, 5) is -0.104. The topological polar surface area (TPSA) is 85.5 Å². The van der Waals surface area contributed by atoms with Crippen molar-refractivity contribution in [3.8, 4) is 0 Å². The van der Waals surface area contributed by atoms with Crippen molar-refractivity contribution in [2.24, 2.45) is 0 Å². The molecule has 0 bridgehead atoms. The molecule has 1 aliphatic rings. The highest BCUT2D eigenvalue weighted by Crippen LogP contribution is 2.44. The molecule has 194 valence electrons. The lowest BCUT2D eigenvalue weighted by Gasteiger charge is -2.24. The van der Waals surface area contributed by atoms with Crippen molar-refractivity contribution in [2.75, 3.05) is 4.31 Å². The van der Waals surface area contributed by atoms with Crippen LogP contribution in [-0.2, 0) is 22.7 Å². The Morgan fingerprint density at radius 2 is 1.70 bits per heavy atom. The van der Waals surface area contributed by atoms with Crippen molar-refractivity contribution in [1.29, 1.82) is 0 Å². The zero-order chi connectivity index (χ0) is 26.4. The minimum Gasteiger partial charge on any atom is -0.251 e. The van der Waals surface area contributed by atoms with Crippen LogP contribution in [-0.4, -0.2) is 8.42 Å². The fourth-order valence-corrected chi connectivity index (χ4v) is 7.20. The summed E-state index contributed by atoms with van der Waals surface area (Å²) in [6, 6.07) is 15.5. The highest BCUT2D eigenvalue weighted by atomic mass is 35.5. The summed E-state index contributed by atoms with van der Waals surface area (Å²) in [6.07, 6.45) is -5.40. The first-order chi connectivity index (χ1) is 17.6. The summed E-state index contributed by atoms with van der Waals surface area (Å²) < 4.78 is 83.7. The molecular weight excluding hydrogens is 554 g/mol. The van der Waals surface area contributed by atoms with Crippen molar-refractivity contribution < 1.29 is 26.0 Å². The van der Waals surface area contributed by atoms with Gasteiger partial charge in [0.1, 0.15) is 17.0 Å². The Morgan fingerprint density at radius 1 is 0.973 bits per heavy atom. The van der Waals surface area contributed by atoms with Crippen molar-refractivity contribution in [3.63, 3.8) is 0 Å². The number of nitrogens with zero attached hydrogens (tertiary/aromatic N) is 1. The second-order valence-corrected chi connectivity index (χ2v) is 11.4. The van der Waals surface area contributed by atoms with Gasteiger partial charge in [0.05, 0.1) is 22.0 Å². The number of alkyl halides is 3. The Bertz CT molecular complexity index is 1570. The second kappa shape index (κ2) is 9.83. The lowest BCUT2D eigenvalue weighted by atomic mass is 10.1. The lowest BCUT2D eigenvalue weighted by Crippen LogP contribution is -2.33. The predicted molar refractivity (Wildman–Crippen MR) is 133 cm³/mol. The molecule has 0 radical (unpaired) electrons. The molecule has 0 amide bonds. The smallest absolute Gasteiger partial charge is 0.251 e. The Hall–Kier alpha value is -2.78. The number of rotatable bonds is 6. The summed E-state index contributed by atoms with van der Waals surface area (Å²) in [6.45, 7) is -0.508. The van der Waals surface area contributed by atoms with Crippen LogP contribution in [0.3, 0.4) is 0 Å². The van der Waals surface area contributed by atoms with Gasteiger partial charge in [0.25, 0.3) is 10.0 Å². The van der Waals surface area contributed by atoms with Gasteiger partial charge in [0.2, 0.25) is 0 Å². The van der Waals surface area contributed by atoms with Gasteiger partial charge in [-0.3, -0.25) is 4.31 Å². The van der Waals surface area contributed by atoms with E-state index in [-0.39, 0.29) is 20.5 Å². The van der Waals surface area contributed by atoms with E-state index in [1.165, 1.54) is 12.1 Å². The summed E-state index contributed by atoms with van der Waals surface area (Å²) in [5.74, 6) is -1.45. The van der Waals surface area contributed by atoms with Crippen LogP contribution in [0.2, 0.25) is 5.02 Å². The van der Waals surface area contributed by atoms with Crippen LogP contribution in [0.4, 0.5) is 22.6 Å². The highest BCUT2D eigenvalue weighted by molar-refractivity contribution is 7.93. The van der Waals surface area contributed by atoms with Gasteiger partial charge in [-0.15, -0.1) is 11.3 Å². The van der Waals surface area contributed by atoms with E-state index in [9.17, 15) is 26.0 Å². The molecule has 1 fully saturated rings. The molecule has 0 saturated carbocycles. The fourth-order valence-electron chi connectivity index (χ4n) is 3.88. The number of fused-ring (bicyclic) bond motifs is 1. The third-order valence-corrected chi connectivity index (χ3v) is 9.23. The van der Waals surface area contributed by atoms with E-state index in [4.69, 9.17) is 11.6 Å². The van der Waals surface area contributed by atoms with Crippen molar-refractivity contribution in [2.45, 2.75) is 23.8 Å². The molecule has 1 aliphatic heterocycles. The minimum absolute atomic E-state index is 0.0606. The van der Waals surface area contributed by atoms with Crippen LogP contribution in [0.1, 0.15) is 22.9 Å². The van der Waals surface area contributed by atoms with E-state index < -0.39 is 40.3 Å². The first-order valence-electron chi connectivity index (χ1n) is 10.7. The molecule has 2 heterocycles. The largest absolute Gasteiger partial charge is 0.419 e. The SMILES string of the molecule is O=S(=O)(c1cccc(C2NNNN2)c1)N(Cc1ccc(F)c(C(F)(F)F)c1)c1sc2ccccc2c1Cl. The van der Waals surface area contributed by atoms with Crippen LogP contribution in [0, 0.1) is 5.82 Å². The Kier molecular flexibility index (Phi) is 6.87. The number of benzene rings is 3. The molecule has 14 heteroatoms. The molecule has 5 rings (SSSR count). The average Bonchev–Trinajstić information content (AvgIpc) is 3.52. The highest BCUT2D eigenvalue weighted by Gasteiger charge is 2.35. The maximum absolute atomic E-state index is 14.0. The van der Waals surface area contributed by atoms with Crippen LogP contribution >= 0.6 is 22.9 Å². The third-order valence-electron chi connectivity index (χ3n) is 5.68. The Labute approximate surface area is 218 Å². The van der Waals surface area contributed by atoms with Crippen molar-refractivity contribution in [1.82, 2.24) is 21.9 Å². The van der Waals surface area contributed by atoms with E-state index in [1.807, 2.05) is 0 Å². The van der Waals surface area contributed by atoms with E-state index in [2.05, 4.69) is 21.9 Å². The number of sulfonamides is 1. The molecule has 4 N–H and O–H groups in total. The van der Waals surface area contributed by atoms with E-state index in [1.54, 1.807) is 36.4 Å². The van der Waals surface area contributed by atoms with E-state index in [0.717, 1.165) is 21.7 Å². The van der Waals surface area contributed by atoms with Crippen LogP contribution in [0.5, 0.6) is 0 Å². The molecule has 4 aromatic rings. The number of hydrogen-bond donors (Lipinski definition) is 4. The average molecular weight is 572 g/mol. The number of nitrogens with one attached hydrogen (secondary N) is 4. The molecule has 1 saturated heterocycles. The third kappa shape index (κ3) is 5.03. The predicted octanol–water partition coefficient (Wildman–Crippen LogP) is 5.22. The fraction of sp³-hybridized carbons (Fsp3) is 0.130. The zero-order valence-corrected chi connectivity index (χ0v) is 21.0. The normalized spacial score (nSPS) is 14.9. The monoisotopic (exact) mass is 571 g/mol. The van der Waals surface area contributed by atoms with Gasteiger partial charge in [-0.25, -0.2) is 23.7 Å². The van der Waals surface area contributed by atoms with Gasteiger partial charge < -0.3 is 0 Å². The van der Waals surface area contributed by atoms with Gasteiger partial charge >= 0.3 is 6.18 Å². The molecule has 37 heavy (non-hydrogen) atoms. The molecule has 7 nitrogen and oxygen atoms in total. The number of hydrazine groups is 3. The Morgan fingerprint density at radius 3 is 2.41 bits per heavy atom. The molecular formula is C23H18ClF4N5O2S2. The quantitative estimate of drug-likeness (QED) is 0.237. The van der Waals surface area contributed by atoms with Gasteiger partial charge in [-0.1, -0.05) is 48.0 Å². The number of anilines is 1. The summed E-state index contributed by atoms with van der Waals surface area (Å²) in [7, 11) is -4.35. The van der Waals surface area contributed by atoms with Gasteiger partial charge in [0.15, 0.2) is 0 Å². The molecule has 0 aliphatic carbocycles. The second-order valence-electron chi connectivity index (χ2n) is 8.09. The minimum atomic E-state index is -4.95. The molecule has 3 aromatic carbocycles. The van der Waals surface area contributed by atoms with Crippen LogP contribution in [0.15, 0.2) is 71.6 Å². The summed E-state index contributed by atoms with van der Waals surface area (Å²) in [5, 5.41) is 0.877. The van der Waals surface area contributed by atoms with E-state index in [0.29, 0.717) is 27.8 Å².